The van der Waals surface area contributed by atoms with Gasteiger partial charge in [0, 0.05) is 24.4 Å². The summed E-state index contributed by atoms with van der Waals surface area (Å²) in [4.78, 5) is 17.6. The normalized spacial score (nSPS) is 11.7. The Kier molecular flexibility index (Phi) is 4.89. The van der Waals surface area contributed by atoms with Gasteiger partial charge in [0.1, 0.15) is 11.3 Å². The number of nitrogens with zero attached hydrogens (tertiary/aromatic N) is 2. The molecule has 0 atom stereocenters. The number of carboxylic acid groups (broad SMARTS) is 1. The van der Waals surface area contributed by atoms with Crippen LogP contribution < -0.4 is 4.74 Å². The minimum absolute atomic E-state index is 0.480. The van der Waals surface area contributed by atoms with Gasteiger partial charge in [0.15, 0.2) is 0 Å². The molecule has 0 amide bonds. The van der Waals surface area contributed by atoms with E-state index in [1.807, 2.05) is 30.9 Å². The highest BCUT2D eigenvalue weighted by Crippen LogP contribution is 2.20. The third-order valence-corrected chi connectivity index (χ3v) is 3.26. The van der Waals surface area contributed by atoms with E-state index in [0.717, 1.165) is 17.1 Å². The number of hydrogen-bond donors (Lipinski definition) is 1. The van der Waals surface area contributed by atoms with Crippen LogP contribution in [0.5, 0.6) is 5.75 Å². The first-order chi connectivity index (χ1) is 8.81. The Morgan fingerprint density at radius 1 is 1.47 bits per heavy atom. The zero-order chi connectivity index (χ0) is 14.6. The molecule has 0 unspecified atom stereocenters. The molecule has 1 rings (SSSR count). The van der Waals surface area contributed by atoms with Crippen LogP contribution >= 0.6 is 0 Å². The molecule has 106 valence electrons. The topological polar surface area (TPSA) is 62.7 Å². The summed E-state index contributed by atoms with van der Waals surface area (Å²) in [6.07, 6.45) is 0. The van der Waals surface area contributed by atoms with Gasteiger partial charge < -0.3 is 9.84 Å². The number of pyridine rings is 1. The second kappa shape index (κ2) is 6.02. The Hall–Kier alpha value is -1.62. The average molecular weight is 266 g/mol. The molecule has 0 spiro atoms. The lowest BCUT2D eigenvalue weighted by atomic mass is 10.0. The van der Waals surface area contributed by atoms with E-state index in [1.54, 1.807) is 21.0 Å². The summed E-state index contributed by atoms with van der Waals surface area (Å²) in [5.41, 5.74) is 0.750. The van der Waals surface area contributed by atoms with E-state index in [0.29, 0.717) is 13.1 Å². The van der Waals surface area contributed by atoms with Crippen molar-refractivity contribution in [2.45, 2.75) is 39.8 Å². The first kappa shape index (κ1) is 15.4. The molecule has 0 bridgehead atoms. The van der Waals surface area contributed by atoms with Crippen LogP contribution in [0.3, 0.4) is 0 Å². The van der Waals surface area contributed by atoms with E-state index in [4.69, 9.17) is 4.74 Å². The standard InChI is InChI=1S/C14H22N2O3/c1-6-16(14(3,4)13(17)18)9-11-8-12(19-5)7-10(2)15-11/h7-8H,6,9H2,1-5H3,(H,17,18). The molecule has 0 saturated heterocycles. The van der Waals surface area contributed by atoms with E-state index < -0.39 is 11.5 Å². The van der Waals surface area contributed by atoms with Crippen molar-refractivity contribution < 1.29 is 14.6 Å². The fourth-order valence-electron chi connectivity index (χ4n) is 1.94. The predicted octanol–water partition coefficient (Wildman–Crippen LogP) is 2.08. The maximum absolute atomic E-state index is 11.3. The van der Waals surface area contributed by atoms with Gasteiger partial charge in [-0.3, -0.25) is 14.7 Å². The second-order valence-electron chi connectivity index (χ2n) is 5.02. The maximum Gasteiger partial charge on any atom is 0.323 e. The number of aryl methyl sites for hydroxylation is 1. The van der Waals surface area contributed by atoms with Crippen LogP contribution in [0.2, 0.25) is 0 Å². The Bertz CT molecular complexity index is 458. The number of carboxylic acids is 1. The Morgan fingerprint density at radius 3 is 2.58 bits per heavy atom. The average Bonchev–Trinajstić information content (AvgIpc) is 2.34. The lowest BCUT2D eigenvalue weighted by Crippen LogP contribution is -2.49. The third-order valence-electron chi connectivity index (χ3n) is 3.26. The summed E-state index contributed by atoms with van der Waals surface area (Å²) in [7, 11) is 1.61. The Morgan fingerprint density at radius 2 is 2.11 bits per heavy atom. The van der Waals surface area contributed by atoms with E-state index in [2.05, 4.69) is 4.98 Å². The molecule has 0 radical (unpaired) electrons. The first-order valence-corrected chi connectivity index (χ1v) is 6.31. The number of likely N-dealkylation sites (N-methyl/N-ethyl adjacent to an activating group) is 1. The van der Waals surface area contributed by atoms with Gasteiger partial charge in [-0.25, -0.2) is 0 Å². The van der Waals surface area contributed by atoms with E-state index in [1.165, 1.54) is 0 Å². The molecule has 5 nitrogen and oxygen atoms in total. The largest absolute Gasteiger partial charge is 0.497 e. The van der Waals surface area contributed by atoms with Gasteiger partial charge in [0.05, 0.1) is 12.8 Å². The lowest BCUT2D eigenvalue weighted by molar-refractivity contribution is -0.149. The van der Waals surface area contributed by atoms with E-state index in [-0.39, 0.29) is 0 Å². The monoisotopic (exact) mass is 266 g/mol. The third kappa shape index (κ3) is 3.67. The summed E-state index contributed by atoms with van der Waals surface area (Å²) in [6, 6.07) is 3.69. The van der Waals surface area contributed by atoms with E-state index >= 15 is 0 Å². The van der Waals surface area contributed by atoms with Crippen LogP contribution in [0.1, 0.15) is 32.2 Å². The second-order valence-corrected chi connectivity index (χ2v) is 5.02. The highest BCUT2D eigenvalue weighted by molar-refractivity contribution is 5.77. The van der Waals surface area contributed by atoms with Gasteiger partial charge in [0.25, 0.3) is 0 Å². The molecule has 0 aliphatic rings. The van der Waals surface area contributed by atoms with Crippen molar-refractivity contribution in [3.63, 3.8) is 0 Å². The highest BCUT2D eigenvalue weighted by Gasteiger charge is 2.33. The zero-order valence-electron chi connectivity index (χ0n) is 12.2. The molecule has 1 heterocycles. The summed E-state index contributed by atoms with van der Waals surface area (Å²) in [6.45, 7) is 8.35. The molecule has 0 aromatic carbocycles. The number of rotatable bonds is 6. The van der Waals surface area contributed by atoms with Crippen molar-refractivity contribution in [3.8, 4) is 5.75 Å². The molecule has 1 aromatic heterocycles. The molecule has 1 N–H and O–H groups in total. The zero-order valence-corrected chi connectivity index (χ0v) is 12.2. The summed E-state index contributed by atoms with van der Waals surface area (Å²) in [5.74, 6) is -0.0966. The molecule has 1 aromatic rings. The van der Waals surface area contributed by atoms with Crippen molar-refractivity contribution in [2.75, 3.05) is 13.7 Å². The van der Waals surface area contributed by atoms with Gasteiger partial charge in [0.2, 0.25) is 0 Å². The fourth-order valence-corrected chi connectivity index (χ4v) is 1.94. The quantitative estimate of drug-likeness (QED) is 0.854. The Balaban J connectivity index is 2.99. The van der Waals surface area contributed by atoms with Crippen LogP contribution in [-0.4, -0.2) is 40.2 Å². The van der Waals surface area contributed by atoms with Crippen LogP contribution in [-0.2, 0) is 11.3 Å². The first-order valence-electron chi connectivity index (χ1n) is 6.31. The predicted molar refractivity (Wildman–Crippen MR) is 73.3 cm³/mol. The van der Waals surface area contributed by atoms with Crippen molar-refractivity contribution >= 4 is 5.97 Å². The fraction of sp³-hybridized carbons (Fsp3) is 0.571. The molecule has 0 aliphatic heterocycles. The highest BCUT2D eigenvalue weighted by atomic mass is 16.5. The summed E-state index contributed by atoms with van der Waals surface area (Å²) >= 11 is 0. The molecular weight excluding hydrogens is 244 g/mol. The van der Waals surface area contributed by atoms with Gasteiger partial charge in [-0.05, 0) is 27.3 Å². The number of hydrogen-bond acceptors (Lipinski definition) is 4. The van der Waals surface area contributed by atoms with Gasteiger partial charge >= 0.3 is 5.97 Å². The van der Waals surface area contributed by atoms with Crippen LogP contribution in [0, 0.1) is 6.92 Å². The van der Waals surface area contributed by atoms with Crippen LogP contribution in [0.15, 0.2) is 12.1 Å². The number of methoxy groups -OCH3 is 1. The van der Waals surface area contributed by atoms with Gasteiger partial charge in [-0.2, -0.15) is 0 Å². The molecule has 19 heavy (non-hydrogen) atoms. The maximum atomic E-state index is 11.3. The van der Waals surface area contributed by atoms with Crippen molar-refractivity contribution in [2.24, 2.45) is 0 Å². The number of carbonyl (C=O) groups is 1. The van der Waals surface area contributed by atoms with Crippen LogP contribution in [0.25, 0.3) is 0 Å². The SMILES string of the molecule is CCN(Cc1cc(OC)cc(C)n1)C(C)(C)C(=O)O. The van der Waals surface area contributed by atoms with Crippen molar-refractivity contribution in [3.05, 3.63) is 23.5 Å². The van der Waals surface area contributed by atoms with Crippen molar-refractivity contribution in [1.82, 2.24) is 9.88 Å². The minimum Gasteiger partial charge on any atom is -0.497 e. The van der Waals surface area contributed by atoms with Crippen LogP contribution in [0.4, 0.5) is 0 Å². The summed E-state index contributed by atoms with van der Waals surface area (Å²) < 4.78 is 5.21. The summed E-state index contributed by atoms with van der Waals surface area (Å²) in [5, 5.41) is 9.29. The molecular formula is C14H22N2O3. The van der Waals surface area contributed by atoms with Gasteiger partial charge in [-0.15, -0.1) is 0 Å². The molecule has 0 fully saturated rings. The molecule has 5 heteroatoms. The molecule has 0 saturated carbocycles. The number of ether oxygens (including phenoxy) is 1. The van der Waals surface area contributed by atoms with E-state index in [9.17, 15) is 9.90 Å². The minimum atomic E-state index is -0.923. The number of aromatic nitrogens is 1. The van der Waals surface area contributed by atoms with Crippen molar-refractivity contribution in [1.29, 1.82) is 0 Å². The smallest absolute Gasteiger partial charge is 0.323 e. The lowest BCUT2D eigenvalue weighted by Gasteiger charge is -2.33. The van der Waals surface area contributed by atoms with Gasteiger partial charge in [-0.1, -0.05) is 6.92 Å². The molecule has 0 aliphatic carbocycles. The number of aliphatic carboxylic acids is 1. The Labute approximate surface area is 114 Å².